The fraction of sp³-hybridized carbons (Fsp3) is 0.176. The van der Waals surface area contributed by atoms with Crippen molar-refractivity contribution in [3.05, 3.63) is 58.1 Å². The summed E-state index contributed by atoms with van der Waals surface area (Å²) in [6.07, 6.45) is 0. The molecule has 5 nitrogen and oxygen atoms in total. The number of nitrogens with one attached hydrogen (secondary N) is 1. The molecule has 6 heteroatoms. The van der Waals surface area contributed by atoms with Crippen molar-refractivity contribution in [2.75, 3.05) is 18.6 Å². The Morgan fingerprint density at radius 2 is 1.91 bits per heavy atom. The van der Waals surface area contributed by atoms with E-state index in [0.717, 1.165) is 15.8 Å². The van der Waals surface area contributed by atoms with Gasteiger partial charge in [-0.15, -0.1) is 0 Å². The third-order valence-electron chi connectivity index (χ3n) is 3.69. The van der Waals surface area contributed by atoms with Gasteiger partial charge in [-0.3, -0.25) is 9.59 Å². The topological polar surface area (TPSA) is 58.6 Å². The highest BCUT2D eigenvalue weighted by molar-refractivity contribution is 9.10. The molecule has 3 rings (SSSR count). The standard InChI is InChI=1S/C17H15BrN2O3/c1-23-13-5-2-11(3-6-13)10-20-15-7-4-12(18)8-14(15)17(22)19-9-16(20)21/h2-8H,9-10H2,1H3,(H,19,22). The second-order valence-electron chi connectivity index (χ2n) is 5.17. The lowest BCUT2D eigenvalue weighted by Gasteiger charge is -2.22. The first-order valence-electron chi connectivity index (χ1n) is 7.09. The van der Waals surface area contributed by atoms with E-state index in [4.69, 9.17) is 4.74 Å². The quantitative estimate of drug-likeness (QED) is 0.898. The summed E-state index contributed by atoms with van der Waals surface area (Å²) in [6.45, 7) is 0.383. The molecule has 0 aromatic heterocycles. The van der Waals surface area contributed by atoms with Crippen LogP contribution in [0.5, 0.6) is 5.75 Å². The monoisotopic (exact) mass is 374 g/mol. The summed E-state index contributed by atoms with van der Waals surface area (Å²) in [5.74, 6) is 0.374. The van der Waals surface area contributed by atoms with Crippen molar-refractivity contribution in [3.8, 4) is 5.75 Å². The number of methoxy groups -OCH3 is 1. The number of benzene rings is 2. The van der Waals surface area contributed by atoms with Crippen LogP contribution < -0.4 is 15.0 Å². The molecule has 0 spiro atoms. The molecule has 0 aliphatic carbocycles. The molecule has 2 aromatic rings. The summed E-state index contributed by atoms with van der Waals surface area (Å²) >= 11 is 3.36. The molecular weight excluding hydrogens is 360 g/mol. The van der Waals surface area contributed by atoms with Gasteiger partial charge in [-0.1, -0.05) is 28.1 Å². The number of hydrogen-bond acceptors (Lipinski definition) is 3. The molecule has 0 radical (unpaired) electrons. The molecule has 2 aromatic carbocycles. The van der Waals surface area contributed by atoms with Crippen molar-refractivity contribution in [2.24, 2.45) is 0 Å². The molecule has 118 valence electrons. The molecule has 2 amide bonds. The van der Waals surface area contributed by atoms with Gasteiger partial charge in [0.2, 0.25) is 5.91 Å². The summed E-state index contributed by atoms with van der Waals surface area (Å²) in [7, 11) is 1.61. The highest BCUT2D eigenvalue weighted by atomic mass is 79.9. The molecule has 0 bridgehead atoms. The lowest BCUT2D eigenvalue weighted by atomic mass is 10.1. The number of fused-ring (bicyclic) bond motifs is 1. The van der Waals surface area contributed by atoms with Crippen molar-refractivity contribution in [1.29, 1.82) is 0 Å². The van der Waals surface area contributed by atoms with Crippen LogP contribution in [-0.2, 0) is 11.3 Å². The van der Waals surface area contributed by atoms with Crippen molar-refractivity contribution >= 4 is 33.4 Å². The third-order valence-corrected chi connectivity index (χ3v) is 4.19. The first-order valence-corrected chi connectivity index (χ1v) is 7.89. The maximum absolute atomic E-state index is 12.4. The number of rotatable bonds is 3. The summed E-state index contributed by atoms with van der Waals surface area (Å²) in [5.41, 5.74) is 2.06. The van der Waals surface area contributed by atoms with Crippen molar-refractivity contribution < 1.29 is 14.3 Å². The van der Waals surface area contributed by atoms with Crippen LogP contribution in [0.2, 0.25) is 0 Å². The van der Waals surface area contributed by atoms with Gasteiger partial charge in [0.05, 0.1) is 31.5 Å². The van der Waals surface area contributed by atoms with E-state index >= 15 is 0 Å². The van der Waals surface area contributed by atoms with Gasteiger partial charge in [0.25, 0.3) is 5.91 Å². The third kappa shape index (κ3) is 3.22. The summed E-state index contributed by atoms with van der Waals surface area (Å²) in [4.78, 5) is 26.2. The zero-order chi connectivity index (χ0) is 16.4. The fourth-order valence-electron chi connectivity index (χ4n) is 2.49. The lowest BCUT2D eigenvalue weighted by Crippen LogP contribution is -2.36. The number of nitrogens with zero attached hydrogens (tertiary/aromatic N) is 1. The number of amides is 2. The van der Waals surface area contributed by atoms with Gasteiger partial charge >= 0.3 is 0 Å². The van der Waals surface area contributed by atoms with E-state index in [1.165, 1.54) is 0 Å². The van der Waals surface area contributed by atoms with Gasteiger partial charge in [-0.25, -0.2) is 0 Å². The van der Waals surface area contributed by atoms with Gasteiger partial charge in [0, 0.05) is 4.47 Å². The van der Waals surface area contributed by atoms with E-state index in [9.17, 15) is 9.59 Å². The number of carbonyl (C=O) groups is 2. The Balaban J connectivity index is 1.97. The van der Waals surface area contributed by atoms with Gasteiger partial charge in [-0.05, 0) is 35.9 Å². The molecule has 1 aliphatic rings. The predicted octanol–water partition coefficient (Wildman–Crippen LogP) is 2.73. The molecule has 0 atom stereocenters. The van der Waals surface area contributed by atoms with E-state index in [2.05, 4.69) is 21.2 Å². The highest BCUT2D eigenvalue weighted by Gasteiger charge is 2.26. The zero-order valence-electron chi connectivity index (χ0n) is 12.5. The maximum Gasteiger partial charge on any atom is 0.253 e. The Labute approximate surface area is 142 Å². The summed E-state index contributed by atoms with van der Waals surface area (Å²) in [6, 6.07) is 12.9. The van der Waals surface area contributed by atoms with E-state index in [-0.39, 0.29) is 18.4 Å². The number of anilines is 1. The Morgan fingerprint density at radius 3 is 2.61 bits per heavy atom. The van der Waals surface area contributed by atoms with Gasteiger partial charge in [-0.2, -0.15) is 0 Å². The maximum atomic E-state index is 12.4. The van der Waals surface area contributed by atoms with Crippen LogP contribution in [0.25, 0.3) is 0 Å². The minimum Gasteiger partial charge on any atom is -0.497 e. The van der Waals surface area contributed by atoms with Crippen LogP contribution in [0.1, 0.15) is 15.9 Å². The van der Waals surface area contributed by atoms with E-state index in [0.29, 0.717) is 17.8 Å². The minimum absolute atomic E-state index is 0.0126. The Morgan fingerprint density at radius 1 is 1.17 bits per heavy atom. The van der Waals surface area contributed by atoms with Crippen LogP contribution in [0.4, 0.5) is 5.69 Å². The average molecular weight is 375 g/mol. The second-order valence-corrected chi connectivity index (χ2v) is 6.09. The molecule has 1 heterocycles. The Kier molecular flexibility index (Phi) is 4.34. The predicted molar refractivity (Wildman–Crippen MR) is 90.7 cm³/mol. The van der Waals surface area contributed by atoms with Gasteiger partial charge in [0.1, 0.15) is 5.75 Å². The molecule has 1 aliphatic heterocycles. The first-order chi connectivity index (χ1) is 11.1. The summed E-state index contributed by atoms with van der Waals surface area (Å²) < 4.78 is 5.94. The largest absolute Gasteiger partial charge is 0.497 e. The lowest BCUT2D eigenvalue weighted by molar-refractivity contribution is -0.117. The molecule has 0 saturated heterocycles. The second kappa shape index (κ2) is 6.42. The molecular formula is C17H15BrN2O3. The summed E-state index contributed by atoms with van der Waals surface area (Å²) in [5, 5.41) is 2.64. The molecule has 23 heavy (non-hydrogen) atoms. The Bertz CT molecular complexity index is 759. The number of ether oxygens (including phenoxy) is 1. The SMILES string of the molecule is COc1ccc(CN2C(=O)CNC(=O)c3cc(Br)ccc32)cc1. The van der Waals surface area contributed by atoms with E-state index in [1.807, 2.05) is 30.3 Å². The van der Waals surface area contributed by atoms with Crippen molar-refractivity contribution in [1.82, 2.24) is 5.32 Å². The van der Waals surface area contributed by atoms with Gasteiger partial charge < -0.3 is 15.0 Å². The number of carbonyl (C=O) groups excluding carboxylic acids is 2. The van der Waals surface area contributed by atoms with E-state index in [1.54, 1.807) is 24.1 Å². The molecule has 0 saturated carbocycles. The number of halogens is 1. The molecule has 1 N–H and O–H groups in total. The Hall–Kier alpha value is -2.34. The first kappa shape index (κ1) is 15.6. The molecule has 0 fully saturated rings. The van der Waals surface area contributed by atoms with Crippen LogP contribution in [0.3, 0.4) is 0 Å². The van der Waals surface area contributed by atoms with Crippen LogP contribution in [0, 0.1) is 0 Å². The zero-order valence-corrected chi connectivity index (χ0v) is 14.1. The normalized spacial score (nSPS) is 14.1. The fourth-order valence-corrected chi connectivity index (χ4v) is 2.85. The van der Waals surface area contributed by atoms with Crippen LogP contribution in [0.15, 0.2) is 46.9 Å². The van der Waals surface area contributed by atoms with E-state index < -0.39 is 0 Å². The minimum atomic E-state index is -0.244. The van der Waals surface area contributed by atoms with Crippen molar-refractivity contribution in [3.63, 3.8) is 0 Å². The van der Waals surface area contributed by atoms with Gasteiger partial charge in [0.15, 0.2) is 0 Å². The molecule has 0 unspecified atom stereocenters. The van der Waals surface area contributed by atoms with Crippen LogP contribution in [-0.4, -0.2) is 25.5 Å². The average Bonchev–Trinajstić information content (AvgIpc) is 2.68. The highest BCUT2D eigenvalue weighted by Crippen LogP contribution is 2.28. The van der Waals surface area contributed by atoms with Crippen molar-refractivity contribution in [2.45, 2.75) is 6.54 Å². The number of hydrogen-bond donors (Lipinski definition) is 1. The smallest absolute Gasteiger partial charge is 0.253 e. The van der Waals surface area contributed by atoms with Crippen LogP contribution >= 0.6 is 15.9 Å².